The number of rotatable bonds is 4. The standard InChI is InChI=1S/C19H19N3OS/c1-13-7-3-5-9-15(13)11-17-18(23)21-19(24-17)22-20-12-16-10-6-4-8-14(16)2/h3-10,12,17H,11H2,1-2H3,(H,21,22,23)/t17-/m1/s1. The van der Waals surface area contributed by atoms with Crippen molar-refractivity contribution < 1.29 is 4.79 Å². The second-order valence-corrected chi connectivity index (χ2v) is 6.92. The molecule has 3 rings (SSSR count). The molecule has 0 bridgehead atoms. The quantitative estimate of drug-likeness (QED) is 0.686. The maximum atomic E-state index is 12.1. The summed E-state index contributed by atoms with van der Waals surface area (Å²) < 4.78 is 0. The molecule has 1 saturated heterocycles. The normalized spacial score (nSPS) is 19.2. The molecular formula is C19H19N3OS. The predicted molar refractivity (Wildman–Crippen MR) is 101 cm³/mol. The van der Waals surface area contributed by atoms with Crippen LogP contribution in [0.2, 0.25) is 0 Å². The summed E-state index contributed by atoms with van der Waals surface area (Å²) in [6.45, 7) is 4.09. The summed E-state index contributed by atoms with van der Waals surface area (Å²) in [5.74, 6) is -0.00639. The maximum Gasteiger partial charge on any atom is 0.239 e. The first-order valence-electron chi connectivity index (χ1n) is 7.82. The lowest BCUT2D eigenvalue weighted by Crippen LogP contribution is -2.26. The number of hydrogen-bond donors (Lipinski definition) is 1. The Hall–Kier alpha value is -2.40. The van der Waals surface area contributed by atoms with Gasteiger partial charge >= 0.3 is 0 Å². The van der Waals surface area contributed by atoms with Gasteiger partial charge in [0.1, 0.15) is 0 Å². The average molecular weight is 337 g/mol. The van der Waals surface area contributed by atoms with Crippen LogP contribution >= 0.6 is 11.8 Å². The van der Waals surface area contributed by atoms with E-state index in [4.69, 9.17) is 0 Å². The molecule has 5 heteroatoms. The van der Waals surface area contributed by atoms with E-state index < -0.39 is 0 Å². The minimum absolute atomic E-state index is 0.00639. The molecule has 1 aliphatic heterocycles. The molecule has 1 aliphatic rings. The van der Waals surface area contributed by atoms with Crippen LogP contribution in [0.15, 0.2) is 58.7 Å². The Morgan fingerprint density at radius 2 is 1.79 bits per heavy atom. The number of amidine groups is 1. The number of amides is 1. The molecule has 24 heavy (non-hydrogen) atoms. The number of carbonyl (C=O) groups is 1. The third-order valence-corrected chi connectivity index (χ3v) is 5.05. The molecule has 1 atom stereocenters. The van der Waals surface area contributed by atoms with Gasteiger partial charge in [0.25, 0.3) is 0 Å². The Bertz CT molecular complexity index is 814. The highest BCUT2D eigenvalue weighted by Crippen LogP contribution is 2.24. The first-order chi connectivity index (χ1) is 11.6. The number of thioether (sulfide) groups is 1. The Labute approximate surface area is 146 Å². The SMILES string of the molecule is Cc1ccccc1C=N/N=C1\NC(=O)[C@@H](Cc2ccccc2C)S1. The van der Waals surface area contributed by atoms with Crippen molar-refractivity contribution in [1.29, 1.82) is 0 Å². The third-order valence-electron chi connectivity index (χ3n) is 3.98. The smallest absolute Gasteiger partial charge is 0.239 e. The zero-order chi connectivity index (χ0) is 16.9. The molecule has 0 saturated carbocycles. The predicted octanol–water partition coefficient (Wildman–Crippen LogP) is 3.47. The van der Waals surface area contributed by atoms with E-state index in [0.29, 0.717) is 11.6 Å². The molecule has 1 N–H and O–H groups in total. The van der Waals surface area contributed by atoms with E-state index in [1.807, 2.05) is 43.3 Å². The number of nitrogens with one attached hydrogen (secondary N) is 1. The number of carbonyl (C=O) groups excluding carboxylic acids is 1. The van der Waals surface area contributed by atoms with E-state index in [0.717, 1.165) is 11.1 Å². The van der Waals surface area contributed by atoms with Gasteiger partial charge < -0.3 is 5.32 Å². The summed E-state index contributed by atoms with van der Waals surface area (Å²) >= 11 is 1.44. The Balaban J connectivity index is 1.66. The van der Waals surface area contributed by atoms with Crippen LogP contribution in [0.5, 0.6) is 0 Å². The van der Waals surface area contributed by atoms with Gasteiger partial charge in [-0.2, -0.15) is 5.10 Å². The molecule has 4 nitrogen and oxygen atoms in total. The number of benzene rings is 2. The zero-order valence-corrected chi connectivity index (χ0v) is 14.5. The van der Waals surface area contributed by atoms with Crippen molar-refractivity contribution in [3.63, 3.8) is 0 Å². The van der Waals surface area contributed by atoms with E-state index in [2.05, 4.69) is 34.6 Å². The Kier molecular flexibility index (Phi) is 5.11. The lowest BCUT2D eigenvalue weighted by molar-refractivity contribution is -0.118. The van der Waals surface area contributed by atoms with Crippen LogP contribution in [-0.2, 0) is 11.2 Å². The van der Waals surface area contributed by atoms with Gasteiger partial charge in [0.05, 0.1) is 11.5 Å². The molecule has 0 unspecified atom stereocenters. The second-order valence-electron chi connectivity index (χ2n) is 5.73. The van der Waals surface area contributed by atoms with Crippen LogP contribution in [0.4, 0.5) is 0 Å². The van der Waals surface area contributed by atoms with Crippen LogP contribution in [0.1, 0.15) is 22.3 Å². The van der Waals surface area contributed by atoms with Gasteiger partial charge in [-0.25, -0.2) is 0 Å². The fraction of sp³-hybridized carbons (Fsp3) is 0.211. The molecule has 0 aliphatic carbocycles. The van der Waals surface area contributed by atoms with Crippen molar-refractivity contribution >= 4 is 29.1 Å². The van der Waals surface area contributed by atoms with Crippen LogP contribution in [0, 0.1) is 13.8 Å². The van der Waals surface area contributed by atoms with Gasteiger partial charge in [0, 0.05) is 0 Å². The van der Waals surface area contributed by atoms with Gasteiger partial charge in [-0.3, -0.25) is 4.79 Å². The van der Waals surface area contributed by atoms with Gasteiger partial charge in [0.15, 0.2) is 5.17 Å². The number of nitrogens with zero attached hydrogens (tertiary/aromatic N) is 2. The zero-order valence-electron chi connectivity index (χ0n) is 13.7. The molecule has 2 aromatic rings. The van der Waals surface area contributed by atoms with E-state index in [1.165, 1.54) is 22.9 Å². The third kappa shape index (κ3) is 3.92. The highest BCUT2D eigenvalue weighted by Gasteiger charge is 2.30. The topological polar surface area (TPSA) is 53.8 Å². The molecule has 1 fully saturated rings. The van der Waals surface area contributed by atoms with E-state index >= 15 is 0 Å². The minimum atomic E-state index is -0.154. The molecule has 1 heterocycles. The molecule has 122 valence electrons. The molecule has 1 amide bonds. The van der Waals surface area contributed by atoms with Crippen molar-refractivity contribution in [2.75, 3.05) is 0 Å². The molecule has 0 radical (unpaired) electrons. The highest BCUT2D eigenvalue weighted by atomic mass is 32.2. The monoisotopic (exact) mass is 337 g/mol. The van der Waals surface area contributed by atoms with E-state index in [-0.39, 0.29) is 11.2 Å². The highest BCUT2D eigenvalue weighted by molar-refractivity contribution is 8.15. The van der Waals surface area contributed by atoms with Crippen LogP contribution in [0.25, 0.3) is 0 Å². The summed E-state index contributed by atoms with van der Waals surface area (Å²) in [7, 11) is 0. The molecular weight excluding hydrogens is 318 g/mol. The first-order valence-corrected chi connectivity index (χ1v) is 8.70. The lowest BCUT2D eigenvalue weighted by Gasteiger charge is -2.07. The summed E-state index contributed by atoms with van der Waals surface area (Å²) in [6, 6.07) is 16.1. The second kappa shape index (κ2) is 7.45. The summed E-state index contributed by atoms with van der Waals surface area (Å²) in [5.41, 5.74) is 4.55. The number of aryl methyl sites for hydroxylation is 2. The number of hydrogen-bond acceptors (Lipinski definition) is 4. The van der Waals surface area contributed by atoms with Crippen molar-refractivity contribution in [2.24, 2.45) is 10.2 Å². The summed E-state index contributed by atoms with van der Waals surface area (Å²) in [5, 5.41) is 11.5. The van der Waals surface area contributed by atoms with Gasteiger partial charge in [-0.15, -0.1) is 5.10 Å². The van der Waals surface area contributed by atoms with Crippen LogP contribution < -0.4 is 5.32 Å². The largest absolute Gasteiger partial charge is 0.303 e. The fourth-order valence-corrected chi connectivity index (χ4v) is 3.45. The average Bonchev–Trinajstić information content (AvgIpc) is 2.91. The summed E-state index contributed by atoms with van der Waals surface area (Å²) in [4.78, 5) is 12.1. The molecule has 0 spiro atoms. The van der Waals surface area contributed by atoms with Crippen molar-refractivity contribution in [1.82, 2.24) is 5.32 Å². The van der Waals surface area contributed by atoms with E-state index in [1.54, 1.807) is 6.21 Å². The van der Waals surface area contributed by atoms with Crippen molar-refractivity contribution in [2.45, 2.75) is 25.5 Å². The fourth-order valence-electron chi connectivity index (χ4n) is 2.50. The Morgan fingerprint density at radius 1 is 1.08 bits per heavy atom. The van der Waals surface area contributed by atoms with Crippen molar-refractivity contribution in [3.05, 3.63) is 70.8 Å². The van der Waals surface area contributed by atoms with Crippen LogP contribution in [0.3, 0.4) is 0 Å². The maximum absolute atomic E-state index is 12.1. The van der Waals surface area contributed by atoms with Gasteiger partial charge in [0.2, 0.25) is 5.91 Å². The molecule has 0 aromatic heterocycles. The van der Waals surface area contributed by atoms with E-state index in [9.17, 15) is 4.79 Å². The molecule has 2 aromatic carbocycles. The Morgan fingerprint density at radius 3 is 2.54 bits per heavy atom. The van der Waals surface area contributed by atoms with Gasteiger partial charge in [-0.05, 0) is 42.5 Å². The van der Waals surface area contributed by atoms with Crippen LogP contribution in [-0.4, -0.2) is 22.5 Å². The first kappa shape index (κ1) is 16.5. The lowest BCUT2D eigenvalue weighted by atomic mass is 10.0. The summed E-state index contributed by atoms with van der Waals surface area (Å²) in [6.07, 6.45) is 2.41. The van der Waals surface area contributed by atoms with Crippen molar-refractivity contribution in [3.8, 4) is 0 Å². The minimum Gasteiger partial charge on any atom is -0.303 e. The van der Waals surface area contributed by atoms with Gasteiger partial charge in [-0.1, -0.05) is 60.3 Å².